The zero-order valence-electron chi connectivity index (χ0n) is 17.2. The maximum Gasteiger partial charge on any atom is 0.390 e. The van der Waals surface area contributed by atoms with Crippen molar-refractivity contribution in [2.75, 3.05) is 42.3 Å². The number of imidazole rings is 2. The molecule has 0 aliphatic carbocycles. The summed E-state index contributed by atoms with van der Waals surface area (Å²) in [6.45, 7) is 1.67. The second-order valence-electron chi connectivity index (χ2n) is 8.83. The Morgan fingerprint density at radius 2 is 1.11 bits per heavy atom. The normalized spacial score (nSPS) is 12.4. The van der Waals surface area contributed by atoms with Crippen LogP contribution in [0.15, 0.2) is 12.7 Å². The van der Waals surface area contributed by atoms with E-state index in [2.05, 4.69) is 9.97 Å². The van der Waals surface area contributed by atoms with E-state index in [1.54, 1.807) is 9.13 Å². The molecule has 0 bridgehead atoms. The summed E-state index contributed by atoms with van der Waals surface area (Å²) in [4.78, 5) is 29.6. The summed E-state index contributed by atoms with van der Waals surface area (Å²) >= 11 is 0. The van der Waals surface area contributed by atoms with Crippen molar-refractivity contribution in [1.82, 2.24) is 19.1 Å². The Bertz CT molecular complexity index is 800. The molecule has 0 radical (unpaired) electrons. The molecular weight excluding hydrogens is 368 g/mol. The first-order valence-electron chi connectivity index (χ1n) is 8.76. The summed E-state index contributed by atoms with van der Waals surface area (Å²) in [5, 5.41) is 22.6. The number of nitrogens with zero attached hydrogens (tertiary/aromatic N) is 8. The lowest BCUT2D eigenvalue weighted by Gasteiger charge is -2.24. The number of hydrogen-bond acceptors (Lipinski definition) is 6. The van der Waals surface area contributed by atoms with Crippen molar-refractivity contribution in [2.24, 2.45) is 0 Å². The lowest BCUT2D eigenvalue weighted by molar-refractivity contribution is -0.884. The molecule has 0 atom stereocenters. The lowest BCUT2D eigenvalue weighted by atomic mass is 10.3. The maximum absolute atomic E-state index is 11.3. The van der Waals surface area contributed by atoms with Crippen molar-refractivity contribution in [3.63, 3.8) is 0 Å². The summed E-state index contributed by atoms with van der Waals surface area (Å²) in [5.74, 6) is -0.313. The number of aromatic nitrogens is 4. The molecule has 28 heavy (non-hydrogen) atoms. The van der Waals surface area contributed by atoms with E-state index in [1.165, 1.54) is 12.7 Å². The molecular formula is C16H28N8O4+2. The minimum Gasteiger partial charge on any atom is -0.358 e. The van der Waals surface area contributed by atoms with E-state index >= 15 is 0 Å². The molecule has 0 aliphatic rings. The second-order valence-corrected chi connectivity index (χ2v) is 8.83. The van der Waals surface area contributed by atoms with Gasteiger partial charge in [-0.15, -0.1) is 0 Å². The molecule has 0 saturated heterocycles. The van der Waals surface area contributed by atoms with E-state index < -0.39 is 9.85 Å². The highest BCUT2D eigenvalue weighted by molar-refractivity contribution is 5.27. The van der Waals surface area contributed by atoms with Crippen LogP contribution < -0.4 is 0 Å². The molecule has 154 valence electrons. The minimum atomic E-state index is -0.480. The topological polar surface area (TPSA) is 122 Å². The highest BCUT2D eigenvalue weighted by Crippen LogP contribution is 2.22. The Kier molecular flexibility index (Phi) is 5.85. The van der Waals surface area contributed by atoms with Crippen LogP contribution in [0.2, 0.25) is 0 Å². The fourth-order valence-electron chi connectivity index (χ4n) is 2.92. The van der Waals surface area contributed by atoms with Crippen LogP contribution in [0, 0.1) is 20.2 Å². The van der Waals surface area contributed by atoms with Crippen LogP contribution in [-0.4, -0.2) is 80.2 Å². The number of aryl methyl sites for hydroxylation is 2. The Hall–Kier alpha value is -2.86. The Morgan fingerprint density at radius 1 is 0.786 bits per heavy atom. The quantitative estimate of drug-likeness (QED) is 0.354. The highest BCUT2D eigenvalue weighted by Gasteiger charge is 2.29. The molecule has 0 aliphatic heterocycles. The van der Waals surface area contributed by atoms with Gasteiger partial charge in [-0.2, -0.15) is 0 Å². The number of hydrogen-bond donors (Lipinski definition) is 0. The van der Waals surface area contributed by atoms with Gasteiger partial charge in [0.2, 0.25) is 12.7 Å². The summed E-state index contributed by atoms with van der Waals surface area (Å²) in [6, 6.07) is 0. The zero-order chi connectivity index (χ0) is 21.3. The van der Waals surface area contributed by atoms with Gasteiger partial charge in [-0.25, -0.2) is 0 Å². The van der Waals surface area contributed by atoms with Gasteiger partial charge in [-0.3, -0.25) is 0 Å². The summed E-state index contributed by atoms with van der Waals surface area (Å²) in [6.07, 6.45) is 2.90. The second kappa shape index (κ2) is 7.64. The van der Waals surface area contributed by atoms with Crippen LogP contribution >= 0.6 is 0 Å². The molecule has 0 unspecified atom stereocenters. The average Bonchev–Trinajstić information content (AvgIpc) is 3.06. The van der Waals surface area contributed by atoms with Crippen LogP contribution in [0.1, 0.15) is 11.4 Å². The van der Waals surface area contributed by atoms with E-state index in [9.17, 15) is 20.2 Å². The molecule has 0 spiro atoms. The predicted molar refractivity (Wildman–Crippen MR) is 101 cm³/mol. The first-order chi connectivity index (χ1) is 12.8. The molecule has 2 heterocycles. The van der Waals surface area contributed by atoms with Gasteiger partial charge in [0.1, 0.15) is 13.1 Å². The van der Waals surface area contributed by atoms with Crippen molar-refractivity contribution in [3.8, 4) is 0 Å². The Morgan fingerprint density at radius 3 is 1.36 bits per heavy atom. The van der Waals surface area contributed by atoms with E-state index in [0.29, 0.717) is 46.5 Å². The van der Waals surface area contributed by atoms with Crippen LogP contribution in [0.25, 0.3) is 0 Å². The van der Waals surface area contributed by atoms with Crippen LogP contribution in [0.5, 0.6) is 0 Å². The number of quaternary nitrogens is 2. The predicted octanol–water partition coefficient (Wildman–Crippen LogP) is 1.01. The van der Waals surface area contributed by atoms with Gasteiger partial charge in [0.05, 0.1) is 42.3 Å². The molecule has 0 N–H and O–H groups in total. The summed E-state index contributed by atoms with van der Waals surface area (Å²) < 4.78 is 4.50. The highest BCUT2D eigenvalue weighted by atomic mass is 16.6. The van der Waals surface area contributed by atoms with E-state index in [1.807, 2.05) is 42.3 Å². The number of rotatable bonds is 9. The summed E-state index contributed by atoms with van der Waals surface area (Å²) in [7, 11) is 11.7. The van der Waals surface area contributed by atoms with Crippen LogP contribution in [-0.2, 0) is 26.2 Å². The van der Waals surface area contributed by atoms with E-state index in [4.69, 9.17) is 0 Å². The lowest BCUT2D eigenvalue weighted by Crippen LogP contribution is -2.35. The fraction of sp³-hybridized carbons (Fsp3) is 0.625. The monoisotopic (exact) mass is 396 g/mol. The minimum absolute atomic E-state index is 0.156. The molecule has 2 rings (SSSR count). The standard InChI is InChI=1S/C16H28N8O4/c1-23(2,3)9-13-15(21(25)26)17-11-19(13)7-8-20-12-18-16(22(27)28)14(20)10-24(4,5)6/h11-12H,7-10H2,1-6H3/q+2. The Labute approximate surface area is 163 Å². The third-order valence-corrected chi connectivity index (χ3v) is 4.02. The first kappa shape index (κ1) is 21.4. The van der Waals surface area contributed by atoms with Crippen molar-refractivity contribution >= 4 is 11.6 Å². The van der Waals surface area contributed by atoms with Crippen molar-refractivity contribution in [3.05, 3.63) is 44.3 Å². The smallest absolute Gasteiger partial charge is 0.358 e. The summed E-state index contributed by atoms with van der Waals surface area (Å²) in [5.41, 5.74) is 1.06. The van der Waals surface area contributed by atoms with Crippen molar-refractivity contribution in [2.45, 2.75) is 26.2 Å². The molecule has 0 saturated carbocycles. The van der Waals surface area contributed by atoms with Gasteiger partial charge >= 0.3 is 11.6 Å². The van der Waals surface area contributed by atoms with Gasteiger partial charge in [0.25, 0.3) is 0 Å². The number of nitro groups is 2. The van der Waals surface area contributed by atoms with Gasteiger partial charge in [-0.1, -0.05) is 0 Å². The average molecular weight is 396 g/mol. The zero-order valence-corrected chi connectivity index (χ0v) is 17.2. The van der Waals surface area contributed by atoms with E-state index in [0.717, 1.165) is 0 Å². The van der Waals surface area contributed by atoms with Crippen molar-refractivity contribution < 1.29 is 18.8 Å². The third kappa shape index (κ3) is 5.33. The van der Waals surface area contributed by atoms with Gasteiger partial charge < -0.3 is 38.3 Å². The van der Waals surface area contributed by atoms with Crippen LogP contribution in [0.4, 0.5) is 11.6 Å². The first-order valence-corrected chi connectivity index (χ1v) is 8.76. The van der Waals surface area contributed by atoms with Gasteiger partial charge in [0.15, 0.2) is 11.4 Å². The van der Waals surface area contributed by atoms with Crippen LogP contribution in [0.3, 0.4) is 0 Å². The molecule has 0 amide bonds. The van der Waals surface area contributed by atoms with E-state index in [-0.39, 0.29) is 11.6 Å². The largest absolute Gasteiger partial charge is 0.390 e. The van der Waals surface area contributed by atoms with Gasteiger partial charge in [0, 0.05) is 13.1 Å². The molecule has 2 aromatic rings. The molecule has 12 heteroatoms. The molecule has 0 fully saturated rings. The van der Waals surface area contributed by atoms with Gasteiger partial charge in [-0.05, 0) is 19.8 Å². The molecule has 0 aromatic carbocycles. The fourth-order valence-corrected chi connectivity index (χ4v) is 2.92. The molecule has 12 nitrogen and oxygen atoms in total. The maximum atomic E-state index is 11.3. The Balaban J connectivity index is 2.32. The molecule has 2 aromatic heterocycles. The van der Waals surface area contributed by atoms with Crippen molar-refractivity contribution in [1.29, 1.82) is 0 Å². The third-order valence-electron chi connectivity index (χ3n) is 4.02. The SMILES string of the molecule is C[N+](C)(C)Cc1c([N+](=O)[O-])ncn1CCn1cnc([N+](=O)[O-])c1C[N+](C)(C)C.